The van der Waals surface area contributed by atoms with Gasteiger partial charge in [0.2, 0.25) is 0 Å². The van der Waals surface area contributed by atoms with Gasteiger partial charge in [-0.05, 0) is 42.8 Å². The predicted molar refractivity (Wildman–Crippen MR) is 110 cm³/mol. The molecule has 1 N–H and O–H groups in total. The molecule has 0 aliphatic heterocycles. The first-order chi connectivity index (χ1) is 13.1. The Balaban J connectivity index is 1.57. The van der Waals surface area contributed by atoms with Crippen molar-refractivity contribution < 1.29 is 4.79 Å². The van der Waals surface area contributed by atoms with Crippen LogP contribution in [-0.2, 0) is 0 Å². The number of benzene rings is 2. The Kier molecular flexibility index (Phi) is 4.75. The SMILES string of the molecule is Cc1nn(-c2ccccc2)c2sc(C(=O)N/N=C\c3ccc(Cl)cc3)cc12. The van der Waals surface area contributed by atoms with Gasteiger partial charge in [-0.3, -0.25) is 4.79 Å². The van der Waals surface area contributed by atoms with Gasteiger partial charge in [-0.25, -0.2) is 10.1 Å². The fraction of sp³-hybridized carbons (Fsp3) is 0.0500. The normalized spacial score (nSPS) is 11.3. The fourth-order valence-corrected chi connectivity index (χ4v) is 3.87. The van der Waals surface area contributed by atoms with Crippen molar-refractivity contribution in [2.75, 3.05) is 0 Å². The molecule has 0 aliphatic carbocycles. The van der Waals surface area contributed by atoms with E-state index in [0.717, 1.165) is 27.2 Å². The molecular formula is C20H15ClN4OS. The summed E-state index contributed by atoms with van der Waals surface area (Å²) in [6.07, 6.45) is 1.58. The van der Waals surface area contributed by atoms with Crippen molar-refractivity contribution in [2.24, 2.45) is 5.10 Å². The summed E-state index contributed by atoms with van der Waals surface area (Å²) in [5.41, 5.74) is 5.27. The van der Waals surface area contributed by atoms with E-state index in [1.807, 2.05) is 60.1 Å². The molecule has 2 heterocycles. The average molecular weight is 395 g/mol. The molecule has 134 valence electrons. The molecule has 0 atom stereocenters. The maximum absolute atomic E-state index is 12.5. The lowest BCUT2D eigenvalue weighted by molar-refractivity contribution is 0.0959. The molecular weight excluding hydrogens is 380 g/mol. The van der Waals surface area contributed by atoms with Gasteiger partial charge in [0.1, 0.15) is 4.83 Å². The highest BCUT2D eigenvalue weighted by Crippen LogP contribution is 2.30. The first-order valence-corrected chi connectivity index (χ1v) is 9.45. The van der Waals surface area contributed by atoms with E-state index in [-0.39, 0.29) is 5.91 Å². The van der Waals surface area contributed by atoms with E-state index in [0.29, 0.717) is 9.90 Å². The van der Waals surface area contributed by atoms with E-state index in [1.165, 1.54) is 11.3 Å². The molecule has 4 aromatic rings. The number of nitrogens with zero attached hydrogens (tertiary/aromatic N) is 3. The summed E-state index contributed by atoms with van der Waals surface area (Å²) in [7, 11) is 0. The molecule has 4 rings (SSSR count). The van der Waals surface area contributed by atoms with E-state index in [1.54, 1.807) is 18.3 Å². The molecule has 0 bridgehead atoms. The number of nitrogens with one attached hydrogen (secondary N) is 1. The molecule has 1 amide bonds. The lowest BCUT2D eigenvalue weighted by atomic mass is 10.2. The second kappa shape index (κ2) is 7.34. The molecule has 2 aromatic heterocycles. The number of thiophene rings is 1. The Morgan fingerprint density at radius 2 is 1.93 bits per heavy atom. The molecule has 7 heteroatoms. The van der Waals surface area contributed by atoms with Gasteiger partial charge < -0.3 is 0 Å². The molecule has 0 spiro atoms. The number of fused-ring (bicyclic) bond motifs is 1. The first kappa shape index (κ1) is 17.5. The minimum absolute atomic E-state index is 0.250. The molecule has 5 nitrogen and oxygen atoms in total. The Labute approximate surface area is 164 Å². The zero-order valence-corrected chi connectivity index (χ0v) is 16.0. The Bertz CT molecular complexity index is 1130. The summed E-state index contributed by atoms with van der Waals surface area (Å²) in [5, 5.41) is 10.2. The molecule has 0 fully saturated rings. The highest BCUT2D eigenvalue weighted by atomic mass is 35.5. The molecule has 0 saturated carbocycles. The summed E-state index contributed by atoms with van der Waals surface area (Å²) in [5.74, 6) is -0.250. The van der Waals surface area contributed by atoms with Crippen LogP contribution in [0.3, 0.4) is 0 Å². The fourth-order valence-electron chi connectivity index (χ4n) is 2.67. The van der Waals surface area contributed by atoms with E-state index in [9.17, 15) is 4.79 Å². The lowest BCUT2D eigenvalue weighted by Gasteiger charge is -2.01. The third-order valence-corrected chi connectivity index (χ3v) is 5.38. The molecule has 0 radical (unpaired) electrons. The van der Waals surface area contributed by atoms with Crippen molar-refractivity contribution in [1.29, 1.82) is 0 Å². The first-order valence-electron chi connectivity index (χ1n) is 8.25. The molecule has 0 aliphatic rings. The van der Waals surface area contributed by atoms with Crippen molar-refractivity contribution in [2.45, 2.75) is 6.92 Å². The van der Waals surface area contributed by atoms with Crippen molar-refractivity contribution >= 4 is 45.3 Å². The summed E-state index contributed by atoms with van der Waals surface area (Å²) in [6, 6.07) is 18.9. The van der Waals surface area contributed by atoms with E-state index in [2.05, 4.69) is 15.6 Å². The van der Waals surface area contributed by atoms with E-state index < -0.39 is 0 Å². The Hall–Kier alpha value is -2.96. The van der Waals surface area contributed by atoms with Gasteiger partial charge in [0.05, 0.1) is 22.5 Å². The number of hydrogen-bond donors (Lipinski definition) is 1. The van der Waals surface area contributed by atoms with Gasteiger partial charge in [-0.15, -0.1) is 11.3 Å². The number of rotatable bonds is 4. The Morgan fingerprint density at radius 1 is 1.19 bits per heavy atom. The van der Waals surface area contributed by atoms with E-state index >= 15 is 0 Å². The molecule has 27 heavy (non-hydrogen) atoms. The number of aromatic nitrogens is 2. The van der Waals surface area contributed by atoms with Gasteiger partial charge in [-0.1, -0.05) is 41.9 Å². The third-order valence-electron chi connectivity index (χ3n) is 4.02. The Morgan fingerprint density at radius 3 is 2.67 bits per heavy atom. The summed E-state index contributed by atoms with van der Waals surface area (Å²) < 4.78 is 1.86. The second-order valence-corrected chi connectivity index (χ2v) is 7.38. The predicted octanol–water partition coefficient (Wildman–Crippen LogP) is 4.81. The van der Waals surface area contributed by atoms with Crippen molar-refractivity contribution in [3.05, 3.63) is 81.8 Å². The minimum atomic E-state index is -0.250. The van der Waals surface area contributed by atoms with Crippen molar-refractivity contribution in [1.82, 2.24) is 15.2 Å². The second-order valence-electron chi connectivity index (χ2n) is 5.91. The number of hydrogen-bond acceptors (Lipinski definition) is 4. The quantitative estimate of drug-likeness (QED) is 0.398. The number of carbonyl (C=O) groups is 1. The van der Waals surface area contributed by atoms with Crippen LogP contribution in [-0.4, -0.2) is 21.9 Å². The standard InChI is InChI=1S/C20H15ClN4OS/c1-13-17-11-18(19(26)23-22-12-14-7-9-15(21)10-8-14)27-20(17)25(24-13)16-5-3-2-4-6-16/h2-12H,1H3,(H,23,26)/b22-12-. The summed E-state index contributed by atoms with van der Waals surface area (Å²) in [4.78, 5) is 14.0. The number of para-hydroxylation sites is 1. The van der Waals surface area contributed by atoms with Crippen LogP contribution in [0.2, 0.25) is 5.02 Å². The van der Waals surface area contributed by atoms with Crippen LogP contribution in [0.15, 0.2) is 65.8 Å². The molecule has 0 saturated heterocycles. The number of halogens is 1. The number of hydrazone groups is 1. The third kappa shape index (κ3) is 3.63. The minimum Gasteiger partial charge on any atom is -0.266 e. The highest BCUT2D eigenvalue weighted by molar-refractivity contribution is 7.20. The van der Waals surface area contributed by atoms with Crippen LogP contribution < -0.4 is 5.43 Å². The van der Waals surface area contributed by atoms with Gasteiger partial charge in [-0.2, -0.15) is 10.2 Å². The van der Waals surface area contributed by atoms with Gasteiger partial charge in [0.25, 0.3) is 5.91 Å². The van der Waals surface area contributed by atoms with Crippen LogP contribution in [0.1, 0.15) is 20.9 Å². The zero-order valence-electron chi connectivity index (χ0n) is 14.4. The van der Waals surface area contributed by atoms with Gasteiger partial charge >= 0.3 is 0 Å². The van der Waals surface area contributed by atoms with Crippen LogP contribution in [0, 0.1) is 6.92 Å². The van der Waals surface area contributed by atoms with Gasteiger partial charge in [0, 0.05) is 10.4 Å². The zero-order chi connectivity index (χ0) is 18.8. The number of aryl methyl sites for hydroxylation is 1. The summed E-state index contributed by atoms with van der Waals surface area (Å²) in [6.45, 7) is 1.94. The van der Waals surface area contributed by atoms with Crippen molar-refractivity contribution in [3.63, 3.8) is 0 Å². The maximum Gasteiger partial charge on any atom is 0.281 e. The van der Waals surface area contributed by atoms with Crippen LogP contribution in [0.4, 0.5) is 0 Å². The van der Waals surface area contributed by atoms with Crippen LogP contribution >= 0.6 is 22.9 Å². The molecule has 2 aromatic carbocycles. The largest absolute Gasteiger partial charge is 0.281 e. The monoisotopic (exact) mass is 394 g/mol. The maximum atomic E-state index is 12.5. The summed E-state index contributed by atoms with van der Waals surface area (Å²) >= 11 is 7.25. The van der Waals surface area contributed by atoms with Gasteiger partial charge in [0.15, 0.2) is 0 Å². The van der Waals surface area contributed by atoms with Crippen LogP contribution in [0.5, 0.6) is 0 Å². The smallest absolute Gasteiger partial charge is 0.266 e. The van der Waals surface area contributed by atoms with Crippen LogP contribution in [0.25, 0.3) is 15.9 Å². The van der Waals surface area contributed by atoms with E-state index in [4.69, 9.17) is 11.6 Å². The topological polar surface area (TPSA) is 59.3 Å². The average Bonchev–Trinajstić information content (AvgIpc) is 3.25. The van der Waals surface area contributed by atoms with Crippen molar-refractivity contribution in [3.8, 4) is 5.69 Å². The highest BCUT2D eigenvalue weighted by Gasteiger charge is 2.16. The molecule has 0 unspecified atom stereocenters. The lowest BCUT2D eigenvalue weighted by Crippen LogP contribution is -2.16. The number of carbonyl (C=O) groups excluding carboxylic acids is 1. The number of amides is 1.